The van der Waals surface area contributed by atoms with Crippen molar-refractivity contribution in [2.75, 3.05) is 19.7 Å². The van der Waals surface area contributed by atoms with E-state index in [4.69, 9.17) is 16.3 Å². The maximum absolute atomic E-state index is 12.9. The average Bonchev–Trinajstić information content (AvgIpc) is 2.73. The number of amides is 1. The minimum absolute atomic E-state index is 0.0257. The van der Waals surface area contributed by atoms with Crippen LogP contribution in [0.1, 0.15) is 36.0 Å². The first-order valence-corrected chi connectivity index (χ1v) is 7.35. The number of likely N-dealkylation sites (tertiary alicyclic amines) is 1. The van der Waals surface area contributed by atoms with Gasteiger partial charge in [-0.25, -0.2) is 9.18 Å². The van der Waals surface area contributed by atoms with Gasteiger partial charge >= 0.3 is 5.97 Å². The summed E-state index contributed by atoms with van der Waals surface area (Å²) in [5.74, 6) is -1.45. The lowest BCUT2D eigenvalue weighted by Gasteiger charge is -2.20. The van der Waals surface area contributed by atoms with E-state index in [1.54, 1.807) is 4.90 Å². The highest BCUT2D eigenvalue weighted by Crippen LogP contribution is 2.18. The molecule has 0 radical (unpaired) electrons. The van der Waals surface area contributed by atoms with E-state index in [2.05, 4.69) is 0 Å². The standard InChI is InChI=1S/C15H17ClFNO3/c16-13-9-11(17)5-6-12(13)15(20)21-10-14(19)18-7-3-1-2-4-8-18/h5-6,9H,1-4,7-8,10H2. The summed E-state index contributed by atoms with van der Waals surface area (Å²) in [6.07, 6.45) is 4.19. The van der Waals surface area contributed by atoms with Gasteiger partial charge in [-0.3, -0.25) is 4.79 Å². The molecule has 1 heterocycles. The quantitative estimate of drug-likeness (QED) is 0.806. The highest BCUT2D eigenvalue weighted by atomic mass is 35.5. The topological polar surface area (TPSA) is 46.6 Å². The highest BCUT2D eigenvalue weighted by molar-refractivity contribution is 6.33. The van der Waals surface area contributed by atoms with Gasteiger partial charge in [0.2, 0.25) is 0 Å². The zero-order chi connectivity index (χ0) is 15.2. The summed E-state index contributed by atoms with van der Waals surface area (Å²) in [7, 11) is 0. The maximum atomic E-state index is 12.9. The lowest BCUT2D eigenvalue weighted by Crippen LogP contribution is -2.35. The third kappa shape index (κ3) is 4.43. The number of halogens is 2. The number of carbonyl (C=O) groups excluding carboxylic acids is 2. The summed E-state index contributed by atoms with van der Waals surface area (Å²) in [5, 5.41) is -0.0257. The molecule has 0 unspecified atom stereocenters. The lowest BCUT2D eigenvalue weighted by molar-refractivity contribution is -0.134. The highest BCUT2D eigenvalue weighted by Gasteiger charge is 2.19. The van der Waals surface area contributed by atoms with Gasteiger partial charge in [-0.15, -0.1) is 0 Å². The number of hydrogen-bond acceptors (Lipinski definition) is 3. The van der Waals surface area contributed by atoms with Crippen molar-refractivity contribution in [3.05, 3.63) is 34.6 Å². The molecule has 1 aliphatic heterocycles. The number of carbonyl (C=O) groups is 2. The molecular weight excluding hydrogens is 297 g/mol. The first-order valence-electron chi connectivity index (χ1n) is 6.98. The van der Waals surface area contributed by atoms with Crippen LogP contribution in [0.25, 0.3) is 0 Å². The molecule has 0 bridgehead atoms. The normalized spacial score (nSPS) is 15.4. The summed E-state index contributed by atoms with van der Waals surface area (Å²) in [6.45, 7) is 1.09. The molecule has 0 saturated carbocycles. The molecule has 0 N–H and O–H groups in total. The molecule has 0 aromatic heterocycles. The second kappa shape index (κ2) is 7.41. The van der Waals surface area contributed by atoms with E-state index in [1.807, 2.05) is 0 Å². The molecule has 1 aliphatic rings. The van der Waals surface area contributed by atoms with Gasteiger partial charge in [0.05, 0.1) is 10.6 Å². The molecule has 2 rings (SSSR count). The van der Waals surface area contributed by atoms with Crippen molar-refractivity contribution < 1.29 is 18.7 Å². The van der Waals surface area contributed by atoms with E-state index in [9.17, 15) is 14.0 Å². The maximum Gasteiger partial charge on any atom is 0.340 e. The first kappa shape index (κ1) is 15.8. The number of benzene rings is 1. The third-order valence-corrected chi connectivity index (χ3v) is 3.75. The van der Waals surface area contributed by atoms with E-state index < -0.39 is 11.8 Å². The van der Waals surface area contributed by atoms with Gasteiger partial charge < -0.3 is 9.64 Å². The molecule has 4 nitrogen and oxygen atoms in total. The van der Waals surface area contributed by atoms with Crippen molar-refractivity contribution in [1.29, 1.82) is 0 Å². The summed E-state index contributed by atoms with van der Waals surface area (Å²) >= 11 is 5.77. The summed E-state index contributed by atoms with van der Waals surface area (Å²) in [5.41, 5.74) is 0.0572. The molecule has 1 aromatic rings. The summed E-state index contributed by atoms with van der Waals surface area (Å²) in [4.78, 5) is 25.5. The Kier molecular flexibility index (Phi) is 5.56. The van der Waals surface area contributed by atoms with Crippen LogP contribution in [0.4, 0.5) is 4.39 Å². The van der Waals surface area contributed by atoms with Crippen molar-refractivity contribution in [3.8, 4) is 0 Å². The number of esters is 1. The van der Waals surface area contributed by atoms with Crippen LogP contribution in [0.3, 0.4) is 0 Å². The fraction of sp³-hybridized carbons (Fsp3) is 0.467. The molecule has 114 valence electrons. The zero-order valence-corrected chi connectivity index (χ0v) is 12.4. The predicted molar refractivity (Wildman–Crippen MR) is 76.7 cm³/mol. The van der Waals surface area contributed by atoms with Gasteiger partial charge in [-0.2, -0.15) is 0 Å². The number of nitrogens with zero attached hydrogens (tertiary/aromatic N) is 1. The van der Waals surface area contributed by atoms with Gasteiger partial charge in [0.1, 0.15) is 5.82 Å². The third-order valence-electron chi connectivity index (χ3n) is 3.44. The van der Waals surface area contributed by atoms with E-state index in [0.717, 1.165) is 37.8 Å². The Morgan fingerprint density at radius 2 is 1.86 bits per heavy atom. The van der Waals surface area contributed by atoms with Gasteiger partial charge in [0.25, 0.3) is 5.91 Å². The molecule has 1 amide bonds. The van der Waals surface area contributed by atoms with Crippen LogP contribution in [-0.4, -0.2) is 36.5 Å². The summed E-state index contributed by atoms with van der Waals surface area (Å²) in [6, 6.07) is 3.41. The molecule has 0 spiro atoms. The summed E-state index contributed by atoms with van der Waals surface area (Å²) < 4.78 is 17.9. The van der Waals surface area contributed by atoms with Crippen molar-refractivity contribution in [2.24, 2.45) is 0 Å². The van der Waals surface area contributed by atoms with E-state index in [1.165, 1.54) is 6.07 Å². The van der Waals surface area contributed by atoms with Crippen LogP contribution in [0.2, 0.25) is 5.02 Å². The second-order valence-electron chi connectivity index (χ2n) is 5.00. The second-order valence-corrected chi connectivity index (χ2v) is 5.40. The average molecular weight is 314 g/mol. The Labute approximate surface area is 127 Å². The fourth-order valence-corrected chi connectivity index (χ4v) is 2.52. The predicted octanol–water partition coefficient (Wildman–Crippen LogP) is 3.04. The number of rotatable bonds is 3. The Morgan fingerprint density at radius 3 is 2.48 bits per heavy atom. The Hall–Kier alpha value is -1.62. The van der Waals surface area contributed by atoms with Gasteiger partial charge in [-0.1, -0.05) is 24.4 Å². The van der Waals surface area contributed by atoms with Crippen molar-refractivity contribution in [2.45, 2.75) is 25.7 Å². The number of ether oxygens (including phenoxy) is 1. The minimum atomic E-state index is -0.719. The largest absolute Gasteiger partial charge is 0.452 e. The SMILES string of the molecule is O=C(OCC(=O)N1CCCCCC1)c1ccc(F)cc1Cl. The van der Waals surface area contributed by atoms with Crippen molar-refractivity contribution >= 4 is 23.5 Å². The number of hydrogen-bond donors (Lipinski definition) is 0. The molecule has 1 aromatic carbocycles. The van der Waals surface area contributed by atoms with Crippen molar-refractivity contribution in [1.82, 2.24) is 4.90 Å². The lowest BCUT2D eigenvalue weighted by atomic mass is 10.2. The van der Waals surface area contributed by atoms with Crippen molar-refractivity contribution in [3.63, 3.8) is 0 Å². The fourth-order valence-electron chi connectivity index (χ4n) is 2.27. The molecule has 1 saturated heterocycles. The molecule has 21 heavy (non-hydrogen) atoms. The molecule has 0 aliphatic carbocycles. The smallest absolute Gasteiger partial charge is 0.340 e. The van der Waals surface area contributed by atoms with Crippen LogP contribution >= 0.6 is 11.6 Å². The molecular formula is C15H17ClFNO3. The zero-order valence-electron chi connectivity index (χ0n) is 11.6. The van der Waals surface area contributed by atoms with E-state index >= 15 is 0 Å². The van der Waals surface area contributed by atoms with Crippen LogP contribution < -0.4 is 0 Å². The van der Waals surface area contributed by atoms with Gasteiger partial charge in [-0.05, 0) is 31.0 Å². The monoisotopic (exact) mass is 313 g/mol. The van der Waals surface area contributed by atoms with Crippen LogP contribution in [-0.2, 0) is 9.53 Å². The van der Waals surface area contributed by atoms with Gasteiger partial charge in [0, 0.05) is 13.1 Å². The van der Waals surface area contributed by atoms with Crippen LogP contribution in [0, 0.1) is 5.82 Å². The Morgan fingerprint density at radius 1 is 1.19 bits per heavy atom. The van der Waals surface area contributed by atoms with E-state index in [-0.39, 0.29) is 23.1 Å². The van der Waals surface area contributed by atoms with Gasteiger partial charge in [0.15, 0.2) is 6.61 Å². The first-order chi connectivity index (χ1) is 10.1. The molecule has 0 atom stereocenters. The van der Waals surface area contributed by atoms with Crippen LogP contribution in [0.5, 0.6) is 0 Å². The van der Waals surface area contributed by atoms with Crippen LogP contribution in [0.15, 0.2) is 18.2 Å². The molecule has 6 heteroatoms. The molecule has 1 fully saturated rings. The minimum Gasteiger partial charge on any atom is -0.452 e. The Balaban J connectivity index is 1.89. The van der Waals surface area contributed by atoms with E-state index in [0.29, 0.717) is 13.1 Å². The Bertz CT molecular complexity index is 528.